The molecule has 3 nitrogen and oxygen atoms in total. The maximum Gasteiger partial charge on any atom is 0.294 e. The number of aryl methyl sites for hydroxylation is 1. The lowest BCUT2D eigenvalue weighted by molar-refractivity contribution is 0.482. The van der Waals surface area contributed by atoms with Crippen LogP contribution in [-0.2, 0) is 23.0 Å². The van der Waals surface area contributed by atoms with Crippen LogP contribution in [0.4, 0.5) is 0 Å². The largest absolute Gasteiger partial charge is 0.294 e. The van der Waals surface area contributed by atoms with E-state index in [2.05, 4.69) is 6.92 Å². The van der Waals surface area contributed by atoms with Crippen LogP contribution in [0, 0.1) is 0 Å². The summed E-state index contributed by atoms with van der Waals surface area (Å²) in [6, 6.07) is 5.14. The maximum atomic E-state index is 11.3. The summed E-state index contributed by atoms with van der Waals surface area (Å²) in [5.41, 5.74) is 1.81. The van der Waals surface area contributed by atoms with E-state index in [1.165, 1.54) is 18.9 Å². The fourth-order valence-corrected chi connectivity index (χ4v) is 3.07. The molecule has 0 saturated heterocycles. The molecule has 0 aliphatic carbocycles. The molecule has 18 heavy (non-hydrogen) atoms. The van der Waals surface area contributed by atoms with Crippen LogP contribution in [0.2, 0.25) is 0 Å². The molecule has 4 heteroatoms. The van der Waals surface area contributed by atoms with E-state index in [1.54, 1.807) is 6.07 Å². The Morgan fingerprint density at radius 1 is 1.11 bits per heavy atom. The molecule has 0 aliphatic rings. The van der Waals surface area contributed by atoms with Gasteiger partial charge in [0.25, 0.3) is 10.1 Å². The zero-order chi connectivity index (χ0) is 13.6. The normalized spacial score (nSPS) is 11.7. The summed E-state index contributed by atoms with van der Waals surface area (Å²) < 4.78 is 31.8. The summed E-state index contributed by atoms with van der Waals surface area (Å²) in [4.78, 5) is 0.0676. The SMILES string of the molecule is CCCCCCc1cccc(S(=O)(=O)O)c1CC. The molecule has 0 atom stereocenters. The summed E-state index contributed by atoms with van der Waals surface area (Å²) >= 11 is 0. The highest BCUT2D eigenvalue weighted by molar-refractivity contribution is 7.85. The Morgan fingerprint density at radius 2 is 1.83 bits per heavy atom. The van der Waals surface area contributed by atoms with Crippen LogP contribution in [0.25, 0.3) is 0 Å². The van der Waals surface area contributed by atoms with E-state index in [1.807, 2.05) is 13.0 Å². The number of hydrogen-bond acceptors (Lipinski definition) is 2. The lowest BCUT2D eigenvalue weighted by Gasteiger charge is -2.11. The van der Waals surface area contributed by atoms with Gasteiger partial charge in [0.15, 0.2) is 0 Å². The van der Waals surface area contributed by atoms with Crippen molar-refractivity contribution in [3.8, 4) is 0 Å². The van der Waals surface area contributed by atoms with Crippen molar-refractivity contribution in [1.82, 2.24) is 0 Å². The molecule has 102 valence electrons. The first kappa shape index (κ1) is 15.2. The van der Waals surface area contributed by atoms with Gasteiger partial charge in [-0.25, -0.2) is 0 Å². The third kappa shape index (κ3) is 4.10. The number of unbranched alkanes of at least 4 members (excludes halogenated alkanes) is 3. The highest BCUT2D eigenvalue weighted by atomic mass is 32.2. The predicted octanol–water partition coefficient (Wildman–Crippen LogP) is 3.62. The fraction of sp³-hybridized carbons (Fsp3) is 0.571. The van der Waals surface area contributed by atoms with Crippen LogP contribution in [0.3, 0.4) is 0 Å². The zero-order valence-corrected chi connectivity index (χ0v) is 12.0. The standard InChI is InChI=1S/C14H22O3S/c1-3-5-6-7-9-12-10-8-11-14(13(12)4-2)18(15,16)17/h8,10-11H,3-7,9H2,1-2H3,(H,15,16,17). The molecule has 1 aromatic rings. The molecule has 0 aliphatic heterocycles. The second-order valence-corrected chi connectivity index (χ2v) is 5.92. The van der Waals surface area contributed by atoms with Crippen molar-refractivity contribution in [1.29, 1.82) is 0 Å². The van der Waals surface area contributed by atoms with Crippen LogP contribution in [0.15, 0.2) is 23.1 Å². The van der Waals surface area contributed by atoms with Crippen LogP contribution >= 0.6 is 0 Å². The Kier molecular flexibility index (Phi) is 5.82. The molecule has 1 aromatic carbocycles. The van der Waals surface area contributed by atoms with E-state index in [-0.39, 0.29) is 4.90 Å². The van der Waals surface area contributed by atoms with Crippen LogP contribution in [0.5, 0.6) is 0 Å². The molecule has 0 amide bonds. The monoisotopic (exact) mass is 270 g/mol. The lowest BCUT2D eigenvalue weighted by atomic mass is 9.99. The first-order chi connectivity index (χ1) is 8.50. The smallest absolute Gasteiger partial charge is 0.282 e. The lowest BCUT2D eigenvalue weighted by Crippen LogP contribution is -2.05. The topological polar surface area (TPSA) is 54.4 Å². The van der Waals surface area contributed by atoms with Gasteiger partial charge in [0.2, 0.25) is 0 Å². The zero-order valence-electron chi connectivity index (χ0n) is 11.1. The van der Waals surface area contributed by atoms with E-state index in [0.29, 0.717) is 6.42 Å². The number of hydrogen-bond donors (Lipinski definition) is 1. The molecule has 1 rings (SSSR count). The van der Waals surface area contributed by atoms with Gasteiger partial charge in [0, 0.05) is 0 Å². The van der Waals surface area contributed by atoms with Crippen molar-refractivity contribution in [2.75, 3.05) is 0 Å². The van der Waals surface area contributed by atoms with E-state index in [9.17, 15) is 13.0 Å². The molecule has 0 heterocycles. The molecule has 0 aromatic heterocycles. The highest BCUT2D eigenvalue weighted by Crippen LogP contribution is 2.22. The Labute approximate surface area is 110 Å². The van der Waals surface area contributed by atoms with Crippen LogP contribution in [-0.4, -0.2) is 13.0 Å². The van der Waals surface area contributed by atoms with E-state index < -0.39 is 10.1 Å². The predicted molar refractivity (Wildman–Crippen MR) is 73.5 cm³/mol. The molecule has 0 saturated carbocycles. The summed E-state index contributed by atoms with van der Waals surface area (Å²) in [7, 11) is -4.10. The Bertz CT molecular complexity index is 478. The second-order valence-electron chi connectivity index (χ2n) is 4.53. The van der Waals surface area contributed by atoms with Crippen molar-refractivity contribution in [3.63, 3.8) is 0 Å². The average Bonchev–Trinajstić information content (AvgIpc) is 2.33. The van der Waals surface area contributed by atoms with E-state index >= 15 is 0 Å². The van der Waals surface area contributed by atoms with Crippen LogP contribution in [0.1, 0.15) is 50.7 Å². The van der Waals surface area contributed by atoms with Gasteiger partial charge in [-0.3, -0.25) is 4.55 Å². The first-order valence-corrected chi connectivity index (χ1v) is 8.03. The summed E-state index contributed by atoms with van der Waals surface area (Å²) in [6.07, 6.45) is 6.13. The van der Waals surface area contributed by atoms with Crippen molar-refractivity contribution < 1.29 is 13.0 Å². The quantitative estimate of drug-likeness (QED) is 0.608. The Balaban J connectivity index is 2.92. The van der Waals surface area contributed by atoms with Crippen LogP contribution < -0.4 is 0 Å². The van der Waals surface area contributed by atoms with Gasteiger partial charge in [-0.2, -0.15) is 8.42 Å². The first-order valence-electron chi connectivity index (χ1n) is 6.59. The number of rotatable bonds is 7. The average molecular weight is 270 g/mol. The molecule has 0 fully saturated rings. The second kappa shape index (κ2) is 6.90. The number of benzene rings is 1. The summed E-state index contributed by atoms with van der Waals surface area (Å²) in [6.45, 7) is 4.08. The molecular formula is C14H22O3S. The minimum Gasteiger partial charge on any atom is -0.282 e. The molecular weight excluding hydrogens is 248 g/mol. The molecule has 1 N–H and O–H groups in total. The van der Waals surface area contributed by atoms with Gasteiger partial charge in [0.05, 0.1) is 4.90 Å². The van der Waals surface area contributed by atoms with Crippen molar-refractivity contribution >= 4 is 10.1 Å². The molecule has 0 radical (unpaired) electrons. The minimum atomic E-state index is -4.10. The van der Waals surface area contributed by atoms with Crippen molar-refractivity contribution in [2.45, 2.75) is 57.3 Å². The third-order valence-electron chi connectivity index (χ3n) is 3.16. The highest BCUT2D eigenvalue weighted by Gasteiger charge is 2.16. The van der Waals surface area contributed by atoms with E-state index in [4.69, 9.17) is 0 Å². The van der Waals surface area contributed by atoms with Gasteiger partial charge in [0.1, 0.15) is 0 Å². The fourth-order valence-electron chi connectivity index (χ4n) is 2.23. The molecule has 0 unspecified atom stereocenters. The van der Waals surface area contributed by atoms with Crippen molar-refractivity contribution in [3.05, 3.63) is 29.3 Å². The van der Waals surface area contributed by atoms with Gasteiger partial charge in [-0.15, -0.1) is 0 Å². The maximum absolute atomic E-state index is 11.3. The van der Waals surface area contributed by atoms with Gasteiger partial charge in [-0.05, 0) is 36.5 Å². The van der Waals surface area contributed by atoms with Gasteiger partial charge >= 0.3 is 0 Å². The summed E-state index contributed by atoms with van der Waals surface area (Å²) in [5, 5.41) is 0. The minimum absolute atomic E-state index is 0.0676. The molecule has 0 bridgehead atoms. The molecule has 0 spiro atoms. The van der Waals surface area contributed by atoms with Crippen molar-refractivity contribution in [2.24, 2.45) is 0 Å². The van der Waals surface area contributed by atoms with Gasteiger partial charge < -0.3 is 0 Å². The van der Waals surface area contributed by atoms with Gasteiger partial charge in [-0.1, -0.05) is 45.2 Å². The van der Waals surface area contributed by atoms with E-state index in [0.717, 1.165) is 30.4 Å². The third-order valence-corrected chi connectivity index (χ3v) is 4.10. The summed E-state index contributed by atoms with van der Waals surface area (Å²) in [5.74, 6) is 0. The Morgan fingerprint density at radius 3 is 2.39 bits per heavy atom. The Hall–Kier alpha value is -0.870.